The topological polar surface area (TPSA) is 12.9 Å². The number of hydrogen-bond donors (Lipinski definition) is 0. The van der Waals surface area contributed by atoms with E-state index < -0.39 is 0 Å². The maximum Gasteiger partial charge on any atom is 0.123 e. The Bertz CT molecular complexity index is 627. The molecule has 0 radical (unpaired) electrons. The molecule has 3 rings (SSSR count). The molecule has 2 aromatic rings. The van der Waals surface area contributed by atoms with E-state index in [1.54, 1.807) is 0 Å². The van der Waals surface area contributed by atoms with Crippen molar-refractivity contribution >= 4 is 27.3 Å². The monoisotopic (exact) mass is 363 g/mol. The van der Waals surface area contributed by atoms with E-state index in [1.165, 1.54) is 40.4 Å². The number of aryl methyl sites for hydroxylation is 1. The molecule has 1 aromatic heterocycles. The number of aromatic nitrogens is 1. The van der Waals surface area contributed by atoms with Gasteiger partial charge in [-0.1, -0.05) is 55.3 Å². The van der Waals surface area contributed by atoms with Crippen LogP contribution in [0, 0.1) is 11.3 Å². The van der Waals surface area contributed by atoms with Crippen LogP contribution in [0.4, 0.5) is 0 Å². The summed E-state index contributed by atoms with van der Waals surface area (Å²) >= 11 is 5.39. The highest BCUT2D eigenvalue weighted by Gasteiger charge is 2.32. The third-order valence-corrected chi connectivity index (χ3v) is 6.74. The maximum atomic E-state index is 4.90. The molecule has 0 amide bonds. The van der Waals surface area contributed by atoms with E-state index in [0.29, 0.717) is 5.41 Å². The molecule has 1 nitrogen and oxygen atoms in total. The molecule has 0 bridgehead atoms. The zero-order valence-corrected chi connectivity index (χ0v) is 15.4. The third kappa shape index (κ3) is 3.09. The smallest absolute Gasteiger partial charge is 0.123 e. The van der Waals surface area contributed by atoms with E-state index in [0.717, 1.165) is 16.8 Å². The minimum atomic E-state index is 0.444. The largest absolute Gasteiger partial charge is 0.241 e. The van der Waals surface area contributed by atoms with E-state index in [4.69, 9.17) is 4.98 Å². The molecule has 0 spiro atoms. The Kier molecular flexibility index (Phi) is 4.24. The molecule has 0 fully saturated rings. The summed E-state index contributed by atoms with van der Waals surface area (Å²) in [6.45, 7) is 7.15. The van der Waals surface area contributed by atoms with E-state index in [1.807, 2.05) is 11.3 Å². The highest BCUT2D eigenvalue weighted by Crippen LogP contribution is 2.42. The summed E-state index contributed by atoms with van der Waals surface area (Å²) in [6, 6.07) is 8.50. The lowest BCUT2D eigenvalue weighted by Gasteiger charge is -2.35. The summed E-state index contributed by atoms with van der Waals surface area (Å²) < 4.78 is 1.12. The van der Waals surface area contributed by atoms with Gasteiger partial charge in [0.25, 0.3) is 0 Å². The van der Waals surface area contributed by atoms with Crippen LogP contribution >= 0.6 is 27.3 Å². The van der Waals surface area contributed by atoms with Gasteiger partial charge in [0.15, 0.2) is 0 Å². The molecule has 0 aliphatic heterocycles. The Morgan fingerprint density at radius 2 is 2.00 bits per heavy atom. The van der Waals surface area contributed by atoms with E-state index in [-0.39, 0.29) is 0 Å². The Hall–Kier alpha value is -0.670. The van der Waals surface area contributed by atoms with E-state index in [9.17, 15) is 0 Å². The van der Waals surface area contributed by atoms with Crippen molar-refractivity contribution in [2.24, 2.45) is 11.3 Å². The number of benzene rings is 1. The fourth-order valence-corrected chi connectivity index (χ4v) is 4.50. The molecule has 1 aliphatic carbocycles. The minimum absolute atomic E-state index is 0.444. The van der Waals surface area contributed by atoms with Crippen molar-refractivity contribution in [3.63, 3.8) is 0 Å². The van der Waals surface area contributed by atoms with Gasteiger partial charge in [0.1, 0.15) is 5.01 Å². The Labute approximate surface area is 139 Å². The number of thiazole rings is 1. The predicted molar refractivity (Wildman–Crippen MR) is 94.8 cm³/mol. The van der Waals surface area contributed by atoms with Crippen LogP contribution in [-0.4, -0.2) is 4.98 Å². The predicted octanol–water partition coefficient (Wildman–Crippen LogP) is 6.11. The molecule has 1 atom stereocenters. The first kappa shape index (κ1) is 15.2. The fourth-order valence-electron chi connectivity index (χ4n) is 3.05. The van der Waals surface area contributed by atoms with Crippen LogP contribution in [0.5, 0.6) is 0 Å². The normalized spacial score (nSPS) is 18.6. The number of hydrogen-bond acceptors (Lipinski definition) is 2. The molecule has 0 saturated carbocycles. The van der Waals surface area contributed by atoms with Crippen LogP contribution in [0.3, 0.4) is 0 Å². The molecular formula is C18H22BrNS. The van der Waals surface area contributed by atoms with Crippen molar-refractivity contribution in [2.45, 2.75) is 46.5 Å². The van der Waals surface area contributed by atoms with Gasteiger partial charge in [-0.05, 0) is 42.7 Å². The summed E-state index contributed by atoms with van der Waals surface area (Å²) in [6.07, 6.45) is 4.91. The van der Waals surface area contributed by atoms with Crippen molar-refractivity contribution in [1.82, 2.24) is 4.98 Å². The second kappa shape index (κ2) is 5.85. The Morgan fingerprint density at radius 3 is 2.67 bits per heavy atom. The molecule has 21 heavy (non-hydrogen) atoms. The van der Waals surface area contributed by atoms with Gasteiger partial charge >= 0.3 is 0 Å². The molecule has 112 valence electrons. The van der Waals surface area contributed by atoms with Gasteiger partial charge < -0.3 is 0 Å². The molecule has 0 saturated heterocycles. The molecular weight excluding hydrogens is 342 g/mol. The summed E-state index contributed by atoms with van der Waals surface area (Å²) in [5.41, 5.74) is 3.03. The molecule has 3 heteroatoms. The SMILES string of the molecule is CCC(C)(C)C1CCc2nc(-c3ccc(Br)cc3)sc2C1. The second-order valence-corrected chi connectivity index (χ2v) is 8.68. The maximum absolute atomic E-state index is 4.90. The van der Waals surface area contributed by atoms with E-state index >= 15 is 0 Å². The zero-order chi connectivity index (χ0) is 15.0. The van der Waals surface area contributed by atoms with Crippen molar-refractivity contribution in [3.8, 4) is 10.6 Å². The van der Waals surface area contributed by atoms with Gasteiger partial charge in [-0.3, -0.25) is 0 Å². The van der Waals surface area contributed by atoms with Crippen LogP contribution in [-0.2, 0) is 12.8 Å². The fraction of sp³-hybridized carbons (Fsp3) is 0.500. The van der Waals surface area contributed by atoms with Crippen LogP contribution < -0.4 is 0 Å². The summed E-state index contributed by atoms with van der Waals surface area (Å²) in [7, 11) is 0. The standard InChI is InChI=1S/C18H22BrNS/c1-4-18(2,3)13-7-10-15-16(11-13)21-17(20-15)12-5-8-14(19)9-6-12/h5-6,8-9,13H,4,7,10-11H2,1-3H3. The van der Waals surface area contributed by atoms with Crippen LogP contribution in [0.25, 0.3) is 10.6 Å². The van der Waals surface area contributed by atoms with Crippen LogP contribution in [0.1, 0.15) is 44.2 Å². The number of halogens is 1. The molecule has 1 heterocycles. The van der Waals surface area contributed by atoms with E-state index in [2.05, 4.69) is 61.0 Å². The first-order valence-corrected chi connectivity index (χ1v) is 9.35. The lowest BCUT2D eigenvalue weighted by molar-refractivity contribution is 0.183. The van der Waals surface area contributed by atoms with Gasteiger partial charge in [-0.2, -0.15) is 0 Å². The van der Waals surface area contributed by atoms with Gasteiger partial charge in [0.2, 0.25) is 0 Å². The third-order valence-electron chi connectivity index (χ3n) is 5.05. The van der Waals surface area contributed by atoms with Crippen molar-refractivity contribution in [1.29, 1.82) is 0 Å². The summed E-state index contributed by atoms with van der Waals surface area (Å²) in [5.74, 6) is 0.799. The zero-order valence-electron chi connectivity index (χ0n) is 12.9. The van der Waals surface area contributed by atoms with Crippen LogP contribution in [0.15, 0.2) is 28.7 Å². The summed E-state index contributed by atoms with van der Waals surface area (Å²) in [5, 5.41) is 1.18. The van der Waals surface area contributed by atoms with Gasteiger partial charge in [-0.15, -0.1) is 11.3 Å². The Balaban J connectivity index is 1.86. The number of nitrogens with zero attached hydrogens (tertiary/aromatic N) is 1. The quantitative estimate of drug-likeness (QED) is 0.640. The van der Waals surface area contributed by atoms with Crippen molar-refractivity contribution in [2.75, 3.05) is 0 Å². The summed E-state index contributed by atoms with van der Waals surface area (Å²) in [4.78, 5) is 6.42. The molecule has 0 N–H and O–H groups in total. The van der Waals surface area contributed by atoms with Crippen LogP contribution in [0.2, 0.25) is 0 Å². The second-order valence-electron chi connectivity index (χ2n) is 6.68. The first-order valence-electron chi connectivity index (χ1n) is 7.74. The highest BCUT2D eigenvalue weighted by molar-refractivity contribution is 9.10. The first-order chi connectivity index (χ1) is 9.99. The van der Waals surface area contributed by atoms with Gasteiger partial charge in [0.05, 0.1) is 5.69 Å². The Morgan fingerprint density at radius 1 is 1.29 bits per heavy atom. The highest BCUT2D eigenvalue weighted by atomic mass is 79.9. The lowest BCUT2D eigenvalue weighted by atomic mass is 9.70. The minimum Gasteiger partial charge on any atom is -0.241 e. The van der Waals surface area contributed by atoms with Gasteiger partial charge in [-0.25, -0.2) is 4.98 Å². The number of rotatable bonds is 3. The molecule has 1 aromatic carbocycles. The van der Waals surface area contributed by atoms with Crippen molar-refractivity contribution < 1.29 is 0 Å². The van der Waals surface area contributed by atoms with Gasteiger partial charge in [0, 0.05) is 14.9 Å². The molecule has 1 unspecified atom stereocenters. The molecule has 1 aliphatic rings. The average Bonchev–Trinajstić information content (AvgIpc) is 2.90. The lowest BCUT2D eigenvalue weighted by Crippen LogP contribution is -2.28. The number of fused-ring (bicyclic) bond motifs is 1. The average molecular weight is 364 g/mol. The van der Waals surface area contributed by atoms with Crippen molar-refractivity contribution in [3.05, 3.63) is 39.3 Å².